The first-order chi connectivity index (χ1) is 13.4. The highest BCUT2D eigenvalue weighted by Crippen LogP contribution is 2.22. The van der Waals surface area contributed by atoms with Gasteiger partial charge in [0.2, 0.25) is 5.91 Å². The molecule has 2 aromatic carbocycles. The molecule has 0 saturated heterocycles. The van der Waals surface area contributed by atoms with E-state index in [1.807, 2.05) is 35.6 Å². The van der Waals surface area contributed by atoms with Gasteiger partial charge in [-0.3, -0.25) is 9.59 Å². The second-order valence-corrected chi connectivity index (χ2v) is 6.20. The van der Waals surface area contributed by atoms with Gasteiger partial charge < -0.3 is 20.3 Å². The Morgan fingerprint density at radius 1 is 1.07 bits per heavy atom. The molecule has 2 amide bonds. The van der Waals surface area contributed by atoms with Crippen LogP contribution < -0.4 is 15.4 Å². The molecule has 0 spiro atoms. The summed E-state index contributed by atoms with van der Waals surface area (Å²) >= 11 is 0. The lowest BCUT2D eigenvalue weighted by molar-refractivity contribution is -0.677. The average Bonchev–Trinajstić information content (AvgIpc) is 2.69. The summed E-state index contributed by atoms with van der Waals surface area (Å²) in [7, 11) is 3.08. The molecule has 2 aromatic rings. The van der Waals surface area contributed by atoms with Gasteiger partial charge in [-0.2, -0.15) is 8.78 Å². The van der Waals surface area contributed by atoms with Crippen LogP contribution in [0.2, 0.25) is 0 Å². The van der Waals surface area contributed by atoms with Crippen molar-refractivity contribution >= 4 is 11.8 Å². The van der Waals surface area contributed by atoms with Crippen LogP contribution in [0, 0.1) is 0 Å². The fourth-order valence-corrected chi connectivity index (χ4v) is 2.74. The molecule has 8 heteroatoms. The molecule has 6 nitrogen and oxygen atoms in total. The van der Waals surface area contributed by atoms with Gasteiger partial charge in [0.1, 0.15) is 11.8 Å². The summed E-state index contributed by atoms with van der Waals surface area (Å²) in [6, 6.07) is 15.7. The SMILES string of the molecule is CNC(=O)CN(C)C(=O)C[NH2+][C@@H](c1ccccc1)c1ccc(OC(F)F)cc1. The third-order valence-electron chi connectivity index (χ3n) is 4.24. The third kappa shape index (κ3) is 6.31. The molecule has 0 bridgehead atoms. The second kappa shape index (κ2) is 10.4. The zero-order valence-electron chi connectivity index (χ0n) is 15.8. The van der Waals surface area contributed by atoms with Crippen LogP contribution >= 0.6 is 0 Å². The maximum Gasteiger partial charge on any atom is 0.387 e. The molecule has 0 aromatic heterocycles. The number of carbonyl (C=O) groups excluding carboxylic acids is 2. The van der Waals surface area contributed by atoms with E-state index in [0.717, 1.165) is 11.1 Å². The molecule has 1 atom stereocenters. The fourth-order valence-electron chi connectivity index (χ4n) is 2.74. The maximum absolute atomic E-state index is 12.3. The first-order valence-electron chi connectivity index (χ1n) is 8.78. The lowest BCUT2D eigenvalue weighted by Gasteiger charge is -2.20. The van der Waals surface area contributed by atoms with Crippen LogP contribution in [0.3, 0.4) is 0 Å². The number of alkyl halides is 2. The second-order valence-electron chi connectivity index (χ2n) is 6.20. The lowest BCUT2D eigenvalue weighted by atomic mass is 9.98. The molecule has 150 valence electrons. The minimum absolute atomic E-state index is 0.0150. The summed E-state index contributed by atoms with van der Waals surface area (Å²) in [4.78, 5) is 25.1. The summed E-state index contributed by atoms with van der Waals surface area (Å²) in [6.07, 6.45) is 0. The summed E-state index contributed by atoms with van der Waals surface area (Å²) in [5, 5.41) is 4.33. The summed E-state index contributed by atoms with van der Waals surface area (Å²) in [6.45, 7) is -2.77. The first-order valence-corrected chi connectivity index (χ1v) is 8.78. The Kier molecular flexibility index (Phi) is 7.88. The van der Waals surface area contributed by atoms with Crippen LogP contribution in [-0.4, -0.2) is 50.5 Å². The monoisotopic (exact) mass is 392 g/mol. The van der Waals surface area contributed by atoms with E-state index in [1.54, 1.807) is 19.2 Å². The Balaban J connectivity index is 2.12. The number of likely N-dealkylation sites (N-methyl/N-ethyl adjacent to an activating group) is 2. The van der Waals surface area contributed by atoms with Crippen molar-refractivity contribution in [2.75, 3.05) is 27.2 Å². The number of hydrogen-bond donors (Lipinski definition) is 2. The van der Waals surface area contributed by atoms with Crippen molar-refractivity contribution < 1.29 is 28.4 Å². The van der Waals surface area contributed by atoms with E-state index in [1.165, 1.54) is 24.1 Å². The topological polar surface area (TPSA) is 75.3 Å². The Morgan fingerprint density at radius 3 is 2.25 bits per heavy atom. The standard InChI is InChI=1S/C20H23F2N3O3/c1-23-17(26)13-25(2)18(27)12-24-19(14-6-4-3-5-7-14)15-8-10-16(11-9-15)28-20(21)22/h3-11,19-20,24H,12-13H2,1-2H3,(H,23,26)/p+1/t19-/m0/s1. The Morgan fingerprint density at radius 2 is 1.68 bits per heavy atom. The molecule has 2 rings (SSSR count). The van der Waals surface area contributed by atoms with Crippen LogP contribution in [0.25, 0.3) is 0 Å². The normalized spacial score (nSPS) is 11.8. The van der Waals surface area contributed by atoms with Gasteiger partial charge >= 0.3 is 6.61 Å². The summed E-state index contributed by atoms with van der Waals surface area (Å²) in [5.41, 5.74) is 1.81. The van der Waals surface area contributed by atoms with Gasteiger partial charge in [-0.1, -0.05) is 30.3 Å². The van der Waals surface area contributed by atoms with E-state index in [9.17, 15) is 18.4 Å². The van der Waals surface area contributed by atoms with E-state index in [4.69, 9.17) is 0 Å². The van der Waals surface area contributed by atoms with Crippen LogP contribution in [0.4, 0.5) is 8.78 Å². The molecule has 0 aliphatic heterocycles. The number of amides is 2. The van der Waals surface area contributed by atoms with Gasteiger partial charge in [-0.05, 0) is 24.3 Å². The molecule has 0 aliphatic rings. The molecule has 28 heavy (non-hydrogen) atoms. The van der Waals surface area contributed by atoms with E-state index >= 15 is 0 Å². The van der Waals surface area contributed by atoms with Crippen molar-refractivity contribution in [2.24, 2.45) is 0 Å². The lowest BCUT2D eigenvalue weighted by Crippen LogP contribution is -2.87. The van der Waals surface area contributed by atoms with E-state index in [-0.39, 0.29) is 36.7 Å². The van der Waals surface area contributed by atoms with Crippen molar-refractivity contribution in [3.8, 4) is 5.75 Å². The highest BCUT2D eigenvalue weighted by atomic mass is 19.3. The predicted molar refractivity (Wildman–Crippen MR) is 99.9 cm³/mol. The highest BCUT2D eigenvalue weighted by molar-refractivity contribution is 5.84. The van der Waals surface area contributed by atoms with Crippen molar-refractivity contribution in [1.29, 1.82) is 0 Å². The van der Waals surface area contributed by atoms with Gasteiger partial charge in [-0.15, -0.1) is 0 Å². The molecule has 0 radical (unpaired) electrons. The number of nitrogens with zero attached hydrogens (tertiary/aromatic N) is 1. The zero-order chi connectivity index (χ0) is 20.5. The molecule has 0 saturated carbocycles. The average molecular weight is 392 g/mol. The number of ether oxygens (including phenoxy) is 1. The van der Waals surface area contributed by atoms with Crippen molar-refractivity contribution in [2.45, 2.75) is 12.7 Å². The first kappa shape index (κ1) is 21.3. The van der Waals surface area contributed by atoms with E-state index < -0.39 is 6.61 Å². The van der Waals surface area contributed by atoms with Crippen molar-refractivity contribution in [3.05, 3.63) is 65.7 Å². The zero-order valence-corrected chi connectivity index (χ0v) is 15.8. The summed E-state index contributed by atoms with van der Waals surface area (Å²) in [5.74, 6) is -0.362. The molecule has 0 unspecified atom stereocenters. The summed E-state index contributed by atoms with van der Waals surface area (Å²) < 4.78 is 29.1. The van der Waals surface area contributed by atoms with Crippen LogP contribution in [0.15, 0.2) is 54.6 Å². The van der Waals surface area contributed by atoms with Gasteiger partial charge in [0, 0.05) is 25.2 Å². The molecular weight excluding hydrogens is 368 g/mol. The molecular formula is C20H24F2N3O3+. The van der Waals surface area contributed by atoms with Crippen LogP contribution in [0.5, 0.6) is 5.75 Å². The van der Waals surface area contributed by atoms with Crippen molar-refractivity contribution in [1.82, 2.24) is 10.2 Å². The molecule has 0 fully saturated rings. The van der Waals surface area contributed by atoms with E-state index in [2.05, 4.69) is 10.1 Å². The minimum Gasteiger partial charge on any atom is -0.435 e. The van der Waals surface area contributed by atoms with Gasteiger partial charge in [0.15, 0.2) is 6.54 Å². The smallest absolute Gasteiger partial charge is 0.387 e. The molecule has 0 aliphatic carbocycles. The number of carbonyl (C=O) groups is 2. The Hall–Kier alpha value is -3.00. The predicted octanol–water partition coefficient (Wildman–Crippen LogP) is 1.15. The number of hydrogen-bond acceptors (Lipinski definition) is 3. The molecule has 3 N–H and O–H groups in total. The van der Waals surface area contributed by atoms with Gasteiger partial charge in [0.05, 0.1) is 6.54 Å². The quantitative estimate of drug-likeness (QED) is 0.672. The Bertz CT molecular complexity index is 770. The number of nitrogens with one attached hydrogen (secondary N) is 1. The van der Waals surface area contributed by atoms with Crippen molar-refractivity contribution in [3.63, 3.8) is 0 Å². The molecule has 0 heterocycles. The van der Waals surface area contributed by atoms with Crippen LogP contribution in [0.1, 0.15) is 17.2 Å². The van der Waals surface area contributed by atoms with E-state index in [0.29, 0.717) is 0 Å². The Labute approximate surface area is 162 Å². The van der Waals surface area contributed by atoms with Gasteiger partial charge in [-0.25, -0.2) is 0 Å². The highest BCUT2D eigenvalue weighted by Gasteiger charge is 2.21. The van der Waals surface area contributed by atoms with Crippen LogP contribution in [-0.2, 0) is 9.59 Å². The minimum atomic E-state index is -2.88. The fraction of sp³-hybridized carbons (Fsp3) is 0.300. The third-order valence-corrected chi connectivity index (χ3v) is 4.24. The number of nitrogens with two attached hydrogens (primary N) is 1. The van der Waals surface area contributed by atoms with Gasteiger partial charge in [0.25, 0.3) is 5.91 Å². The number of halogens is 2. The number of rotatable bonds is 9. The maximum atomic E-state index is 12.3. The largest absolute Gasteiger partial charge is 0.435 e. The number of benzene rings is 2. The number of quaternary nitrogens is 1.